The minimum atomic E-state index is -3.84. The van der Waals surface area contributed by atoms with Crippen molar-refractivity contribution in [2.75, 3.05) is 19.6 Å². The largest absolute Gasteiger partial charge is 0.337 e. The lowest BCUT2D eigenvalue weighted by Crippen LogP contribution is -2.49. The van der Waals surface area contributed by atoms with Crippen molar-refractivity contribution >= 4 is 15.7 Å². The number of sulfonamides is 1. The predicted molar refractivity (Wildman–Crippen MR) is 95.3 cm³/mol. The lowest BCUT2D eigenvalue weighted by molar-refractivity contribution is -0.385. The molecule has 1 aliphatic rings. The summed E-state index contributed by atoms with van der Waals surface area (Å²) < 4.78 is 30.1. The molecule has 0 radical (unpaired) electrons. The summed E-state index contributed by atoms with van der Waals surface area (Å²) >= 11 is 0. The van der Waals surface area contributed by atoms with Gasteiger partial charge in [0.1, 0.15) is 5.82 Å². The fourth-order valence-corrected chi connectivity index (χ4v) is 5.45. The number of rotatable bonds is 4. The SMILES string of the molecule is Cc1cc([N+](=O)[O-])cc(C)c1S(=O)(=O)N1CCNCC1c1nccn1C. The molecule has 1 aromatic carbocycles. The number of nitro benzene ring substituents is 1. The molecule has 2 heterocycles. The van der Waals surface area contributed by atoms with E-state index in [2.05, 4.69) is 10.3 Å². The van der Waals surface area contributed by atoms with Crippen molar-refractivity contribution in [2.24, 2.45) is 7.05 Å². The van der Waals surface area contributed by atoms with Crippen LogP contribution in [0.5, 0.6) is 0 Å². The van der Waals surface area contributed by atoms with E-state index in [0.717, 1.165) is 0 Å². The van der Waals surface area contributed by atoms with E-state index in [1.54, 1.807) is 30.8 Å². The Morgan fingerprint density at radius 3 is 2.50 bits per heavy atom. The van der Waals surface area contributed by atoms with Gasteiger partial charge in [-0.2, -0.15) is 4.31 Å². The first kappa shape index (κ1) is 18.5. The van der Waals surface area contributed by atoms with Crippen LogP contribution in [0.1, 0.15) is 23.0 Å². The van der Waals surface area contributed by atoms with Crippen LogP contribution in [0.3, 0.4) is 0 Å². The van der Waals surface area contributed by atoms with Gasteiger partial charge >= 0.3 is 0 Å². The molecule has 0 bridgehead atoms. The van der Waals surface area contributed by atoms with Gasteiger partial charge in [0.25, 0.3) is 5.69 Å². The summed E-state index contributed by atoms with van der Waals surface area (Å²) in [6.07, 6.45) is 3.41. The normalized spacial score (nSPS) is 18.8. The maximum atomic E-state index is 13.4. The molecule has 10 heteroatoms. The maximum Gasteiger partial charge on any atom is 0.270 e. The Bertz CT molecular complexity index is 930. The van der Waals surface area contributed by atoms with Gasteiger partial charge in [0.15, 0.2) is 0 Å². The fraction of sp³-hybridized carbons (Fsp3) is 0.438. The Kier molecular flexibility index (Phi) is 4.82. The van der Waals surface area contributed by atoms with Crippen molar-refractivity contribution in [1.29, 1.82) is 0 Å². The van der Waals surface area contributed by atoms with E-state index in [9.17, 15) is 18.5 Å². The van der Waals surface area contributed by atoms with E-state index in [1.807, 2.05) is 7.05 Å². The number of aromatic nitrogens is 2. The summed E-state index contributed by atoms with van der Waals surface area (Å²) in [5, 5.41) is 14.2. The van der Waals surface area contributed by atoms with Crippen LogP contribution in [-0.4, -0.2) is 46.8 Å². The zero-order chi connectivity index (χ0) is 19.1. The van der Waals surface area contributed by atoms with E-state index in [0.29, 0.717) is 36.6 Å². The number of nitrogens with one attached hydrogen (secondary N) is 1. The van der Waals surface area contributed by atoms with Gasteiger partial charge in [-0.25, -0.2) is 13.4 Å². The van der Waals surface area contributed by atoms with Crippen molar-refractivity contribution in [3.8, 4) is 0 Å². The Hall–Kier alpha value is -2.30. The first-order chi connectivity index (χ1) is 12.2. The number of imidazole rings is 1. The second-order valence-electron chi connectivity index (χ2n) is 6.40. The third-order valence-electron chi connectivity index (χ3n) is 4.57. The van der Waals surface area contributed by atoms with E-state index < -0.39 is 21.0 Å². The Balaban J connectivity index is 2.09. The van der Waals surface area contributed by atoms with Crippen LogP contribution in [0.15, 0.2) is 29.4 Å². The minimum absolute atomic E-state index is 0.111. The summed E-state index contributed by atoms with van der Waals surface area (Å²) in [5.74, 6) is 0.651. The number of aryl methyl sites for hydroxylation is 3. The average molecular weight is 379 g/mol. The number of piperazine rings is 1. The molecule has 0 saturated carbocycles. The van der Waals surface area contributed by atoms with Gasteiger partial charge in [0.2, 0.25) is 10.0 Å². The molecule has 1 N–H and O–H groups in total. The Morgan fingerprint density at radius 2 is 1.96 bits per heavy atom. The molecule has 3 rings (SSSR count). The molecule has 140 valence electrons. The molecule has 9 nitrogen and oxygen atoms in total. The maximum absolute atomic E-state index is 13.4. The molecular weight excluding hydrogens is 358 g/mol. The lowest BCUT2D eigenvalue weighted by Gasteiger charge is -2.35. The lowest BCUT2D eigenvalue weighted by atomic mass is 10.1. The highest BCUT2D eigenvalue weighted by atomic mass is 32.2. The molecule has 0 amide bonds. The van der Waals surface area contributed by atoms with E-state index >= 15 is 0 Å². The van der Waals surface area contributed by atoms with Crippen molar-refractivity contribution < 1.29 is 13.3 Å². The smallest absolute Gasteiger partial charge is 0.270 e. The van der Waals surface area contributed by atoms with Crippen LogP contribution in [0.25, 0.3) is 0 Å². The number of benzene rings is 1. The molecule has 1 saturated heterocycles. The highest BCUT2D eigenvalue weighted by Crippen LogP contribution is 2.33. The third kappa shape index (κ3) is 3.11. The third-order valence-corrected chi connectivity index (χ3v) is 6.79. The summed E-state index contributed by atoms with van der Waals surface area (Å²) in [6.45, 7) is 4.46. The van der Waals surface area contributed by atoms with Gasteiger partial charge < -0.3 is 9.88 Å². The number of hydrogen-bond donors (Lipinski definition) is 1. The molecule has 0 spiro atoms. The molecule has 2 aromatic rings. The van der Waals surface area contributed by atoms with Crippen LogP contribution >= 0.6 is 0 Å². The quantitative estimate of drug-likeness (QED) is 0.633. The fourth-order valence-electron chi connectivity index (χ4n) is 3.45. The predicted octanol–water partition coefficient (Wildman–Crippen LogP) is 1.28. The monoisotopic (exact) mass is 379 g/mol. The van der Waals surface area contributed by atoms with Crippen molar-refractivity contribution in [1.82, 2.24) is 19.2 Å². The Morgan fingerprint density at radius 1 is 1.31 bits per heavy atom. The van der Waals surface area contributed by atoms with Crippen LogP contribution in [0.4, 0.5) is 5.69 Å². The topological polar surface area (TPSA) is 110 Å². The number of hydrogen-bond acceptors (Lipinski definition) is 6. The second kappa shape index (κ2) is 6.78. The molecule has 1 unspecified atom stereocenters. The van der Waals surface area contributed by atoms with Crippen molar-refractivity contribution in [3.05, 3.63) is 51.6 Å². The van der Waals surface area contributed by atoms with Gasteiger partial charge in [0.05, 0.1) is 15.9 Å². The minimum Gasteiger partial charge on any atom is -0.337 e. The summed E-state index contributed by atoms with van der Waals surface area (Å²) in [4.78, 5) is 15.0. The van der Waals surface area contributed by atoms with Crippen LogP contribution in [0.2, 0.25) is 0 Å². The van der Waals surface area contributed by atoms with Crippen molar-refractivity contribution in [3.63, 3.8) is 0 Å². The van der Waals surface area contributed by atoms with E-state index in [4.69, 9.17) is 0 Å². The second-order valence-corrected chi connectivity index (χ2v) is 8.23. The van der Waals surface area contributed by atoms with Crippen molar-refractivity contribution in [2.45, 2.75) is 24.8 Å². The number of non-ortho nitro benzene ring substituents is 1. The zero-order valence-corrected chi connectivity index (χ0v) is 15.7. The molecule has 1 aromatic heterocycles. The summed E-state index contributed by atoms with van der Waals surface area (Å²) in [7, 11) is -2.02. The van der Waals surface area contributed by atoms with Gasteiger partial charge in [-0.15, -0.1) is 0 Å². The molecule has 1 aliphatic heterocycles. The molecular formula is C16H21N5O4S. The molecule has 26 heavy (non-hydrogen) atoms. The van der Waals surface area contributed by atoms with Gasteiger partial charge in [-0.1, -0.05) is 0 Å². The Labute approximate surface area is 151 Å². The summed E-state index contributed by atoms with van der Waals surface area (Å²) in [5.41, 5.74) is 0.627. The first-order valence-electron chi connectivity index (χ1n) is 8.19. The molecule has 0 aliphatic carbocycles. The standard InChI is InChI=1S/C16H21N5O4S/c1-11-8-13(21(22)23)9-12(2)15(11)26(24,25)20-7-4-17-10-14(20)16-18-5-6-19(16)3/h5-6,8-9,14,17H,4,7,10H2,1-3H3. The van der Waals surface area contributed by atoms with Gasteiger partial charge in [0, 0.05) is 51.2 Å². The highest BCUT2D eigenvalue weighted by molar-refractivity contribution is 7.89. The summed E-state index contributed by atoms with van der Waals surface area (Å²) in [6, 6.07) is 2.16. The van der Waals surface area contributed by atoms with Crippen LogP contribution in [0, 0.1) is 24.0 Å². The average Bonchev–Trinajstić information content (AvgIpc) is 2.99. The first-order valence-corrected chi connectivity index (χ1v) is 9.63. The van der Waals surface area contributed by atoms with E-state index in [1.165, 1.54) is 16.4 Å². The van der Waals surface area contributed by atoms with Crippen LogP contribution in [-0.2, 0) is 17.1 Å². The van der Waals surface area contributed by atoms with Gasteiger partial charge in [-0.05, 0) is 25.0 Å². The number of nitro groups is 1. The number of nitrogens with zero attached hydrogens (tertiary/aromatic N) is 4. The van der Waals surface area contributed by atoms with Gasteiger partial charge in [-0.3, -0.25) is 10.1 Å². The van der Waals surface area contributed by atoms with Crippen LogP contribution < -0.4 is 5.32 Å². The highest BCUT2D eigenvalue weighted by Gasteiger charge is 2.38. The zero-order valence-electron chi connectivity index (χ0n) is 14.8. The molecule has 1 fully saturated rings. The molecule has 1 atom stereocenters. The van der Waals surface area contributed by atoms with E-state index in [-0.39, 0.29) is 10.6 Å².